The van der Waals surface area contributed by atoms with E-state index < -0.39 is 24.2 Å². The Kier molecular flexibility index (Phi) is 8.05. The lowest BCUT2D eigenvalue weighted by Gasteiger charge is -2.20. The molecule has 3 aromatic rings. The Balaban J connectivity index is 1.95. The Morgan fingerprint density at radius 3 is 2.19 bits per heavy atom. The third-order valence-corrected chi connectivity index (χ3v) is 5.73. The first kappa shape index (κ1) is 27.2. The standard InChI is InChI=1S/C22H15F6IN4O3/c1-33(20(35)22(26,27)28)10-15-7-6-14(8-16(15)29)18(31-32-19(34)21(23,24)25)13-4-2-12(3-5-13)17-9-30-11-36-17/h2-9,11H,10H2,1H3,(H,32,34)/b31-18-. The highest BCUT2D eigenvalue weighted by Gasteiger charge is 2.41. The van der Waals surface area contributed by atoms with Crippen LogP contribution in [0.3, 0.4) is 0 Å². The van der Waals surface area contributed by atoms with Crippen LogP contribution in [0, 0.1) is 3.57 Å². The lowest BCUT2D eigenvalue weighted by atomic mass is 9.99. The Bertz CT molecular complexity index is 1270. The predicted octanol–water partition coefficient (Wildman–Crippen LogP) is 4.90. The number of alkyl halides is 6. The maximum absolute atomic E-state index is 12.7. The van der Waals surface area contributed by atoms with Crippen LogP contribution in [0.2, 0.25) is 0 Å². The molecule has 190 valence electrons. The van der Waals surface area contributed by atoms with Gasteiger partial charge in [-0.2, -0.15) is 31.4 Å². The van der Waals surface area contributed by atoms with Crippen LogP contribution >= 0.6 is 22.6 Å². The molecule has 0 saturated heterocycles. The van der Waals surface area contributed by atoms with Crippen LogP contribution in [0.15, 0.2) is 64.6 Å². The molecule has 7 nitrogen and oxygen atoms in total. The average Bonchev–Trinajstić information content (AvgIpc) is 3.34. The fraction of sp³-hybridized carbons (Fsp3) is 0.182. The number of nitrogens with zero attached hydrogens (tertiary/aromatic N) is 3. The summed E-state index contributed by atoms with van der Waals surface area (Å²) in [5.41, 5.74) is 3.01. The van der Waals surface area contributed by atoms with E-state index in [-0.39, 0.29) is 17.8 Å². The molecule has 0 aliphatic carbocycles. The minimum Gasteiger partial charge on any atom is -0.444 e. The van der Waals surface area contributed by atoms with Gasteiger partial charge in [0.15, 0.2) is 12.2 Å². The van der Waals surface area contributed by atoms with Gasteiger partial charge in [-0.15, -0.1) is 0 Å². The van der Waals surface area contributed by atoms with Crippen molar-refractivity contribution in [3.63, 3.8) is 0 Å². The van der Waals surface area contributed by atoms with Gasteiger partial charge in [-0.25, -0.2) is 10.4 Å². The van der Waals surface area contributed by atoms with Gasteiger partial charge in [-0.05, 0) is 34.2 Å². The highest BCUT2D eigenvalue weighted by atomic mass is 127. The van der Waals surface area contributed by atoms with Crippen LogP contribution in [0.4, 0.5) is 26.3 Å². The largest absolute Gasteiger partial charge is 0.473 e. The summed E-state index contributed by atoms with van der Waals surface area (Å²) in [7, 11) is 0.996. The van der Waals surface area contributed by atoms with Gasteiger partial charge in [0.05, 0.1) is 11.9 Å². The molecular weight excluding hydrogens is 609 g/mol. The summed E-state index contributed by atoms with van der Waals surface area (Å²) < 4.78 is 81.7. The lowest BCUT2D eigenvalue weighted by Crippen LogP contribution is -2.38. The summed E-state index contributed by atoms with van der Waals surface area (Å²) in [6.07, 6.45) is -7.51. The number of rotatable bonds is 6. The van der Waals surface area contributed by atoms with E-state index in [4.69, 9.17) is 4.42 Å². The zero-order valence-electron chi connectivity index (χ0n) is 18.1. The van der Waals surface area contributed by atoms with Gasteiger partial charge in [0, 0.05) is 33.9 Å². The number of hydrogen-bond donors (Lipinski definition) is 1. The zero-order valence-corrected chi connectivity index (χ0v) is 20.3. The van der Waals surface area contributed by atoms with E-state index in [1.807, 2.05) is 22.6 Å². The van der Waals surface area contributed by atoms with Crippen molar-refractivity contribution >= 4 is 40.1 Å². The number of hydrazone groups is 1. The molecule has 36 heavy (non-hydrogen) atoms. The van der Waals surface area contributed by atoms with E-state index in [9.17, 15) is 35.9 Å². The summed E-state index contributed by atoms with van der Waals surface area (Å²) in [5.74, 6) is -3.86. The van der Waals surface area contributed by atoms with Crippen LogP contribution < -0.4 is 5.43 Å². The maximum Gasteiger partial charge on any atom is 0.473 e. The molecule has 0 aliphatic rings. The number of aromatic nitrogens is 1. The number of carbonyl (C=O) groups excluding carboxylic acids is 2. The molecule has 2 aromatic carbocycles. The van der Waals surface area contributed by atoms with Gasteiger partial charge >= 0.3 is 24.2 Å². The first-order valence-electron chi connectivity index (χ1n) is 9.82. The maximum atomic E-state index is 12.7. The third-order valence-electron chi connectivity index (χ3n) is 4.73. The molecule has 1 N–H and O–H groups in total. The molecule has 1 heterocycles. The molecule has 0 bridgehead atoms. The number of benzene rings is 2. The van der Waals surface area contributed by atoms with E-state index >= 15 is 0 Å². The molecular formula is C22H15F6IN4O3. The third kappa shape index (κ3) is 6.61. The molecule has 0 spiro atoms. The molecule has 0 saturated carbocycles. The quantitative estimate of drug-likeness (QED) is 0.183. The Hall–Kier alpha value is -3.43. The van der Waals surface area contributed by atoms with Crippen molar-refractivity contribution in [2.75, 3.05) is 7.05 Å². The summed E-state index contributed by atoms with van der Waals surface area (Å²) in [6.45, 7) is -0.361. The minimum absolute atomic E-state index is 0.0408. The van der Waals surface area contributed by atoms with Crippen LogP contribution in [0.5, 0.6) is 0 Å². The number of halogens is 7. The Labute approximate surface area is 213 Å². The van der Waals surface area contributed by atoms with Gasteiger partial charge in [-0.3, -0.25) is 9.59 Å². The summed E-state index contributed by atoms with van der Waals surface area (Å²) in [5, 5.41) is 3.66. The number of carbonyl (C=O) groups is 2. The van der Waals surface area contributed by atoms with Gasteiger partial charge in [0.2, 0.25) is 0 Å². The smallest absolute Gasteiger partial charge is 0.444 e. The number of oxazole rings is 1. The number of hydrogen-bond acceptors (Lipinski definition) is 5. The fourth-order valence-electron chi connectivity index (χ4n) is 2.98. The second kappa shape index (κ2) is 10.7. The van der Waals surface area contributed by atoms with Gasteiger partial charge < -0.3 is 9.32 Å². The molecule has 0 unspecified atom stereocenters. The van der Waals surface area contributed by atoms with Crippen molar-refractivity contribution in [1.82, 2.24) is 15.3 Å². The zero-order chi connectivity index (χ0) is 26.7. The van der Waals surface area contributed by atoms with E-state index in [1.165, 1.54) is 48.3 Å². The van der Waals surface area contributed by atoms with Gasteiger partial charge in [0.1, 0.15) is 0 Å². The summed E-state index contributed by atoms with van der Waals surface area (Å²) in [6, 6.07) is 10.6. The lowest BCUT2D eigenvalue weighted by molar-refractivity contribution is -0.184. The van der Waals surface area contributed by atoms with Crippen LogP contribution in [-0.2, 0) is 16.1 Å². The van der Waals surface area contributed by atoms with E-state index in [1.54, 1.807) is 12.1 Å². The van der Waals surface area contributed by atoms with Crippen molar-refractivity contribution in [3.05, 3.63) is 75.3 Å². The topological polar surface area (TPSA) is 87.8 Å². The first-order valence-corrected chi connectivity index (χ1v) is 10.9. The number of nitrogens with one attached hydrogen (secondary N) is 1. The first-order chi connectivity index (χ1) is 16.8. The van der Waals surface area contributed by atoms with E-state index in [2.05, 4.69) is 10.1 Å². The minimum atomic E-state index is -5.17. The van der Waals surface area contributed by atoms with Crippen LogP contribution in [-0.4, -0.2) is 46.8 Å². The normalized spacial score (nSPS) is 12.4. The Morgan fingerprint density at radius 1 is 1.03 bits per heavy atom. The van der Waals surface area contributed by atoms with Crippen LogP contribution in [0.1, 0.15) is 16.7 Å². The molecule has 14 heteroatoms. The molecule has 2 amide bonds. The SMILES string of the molecule is CN(Cc1ccc(/C(=N\NC(=O)C(F)(F)F)c2ccc(-c3cnco3)cc2)cc1I)C(=O)C(F)(F)F. The predicted molar refractivity (Wildman–Crippen MR) is 123 cm³/mol. The highest BCUT2D eigenvalue weighted by Crippen LogP contribution is 2.24. The summed E-state index contributed by atoms with van der Waals surface area (Å²) >= 11 is 1.82. The fourth-order valence-corrected chi connectivity index (χ4v) is 3.67. The van der Waals surface area contributed by atoms with Gasteiger partial charge in [0.25, 0.3) is 0 Å². The van der Waals surface area contributed by atoms with Crippen LogP contribution in [0.25, 0.3) is 11.3 Å². The van der Waals surface area contributed by atoms with Crippen molar-refractivity contribution in [1.29, 1.82) is 0 Å². The number of amides is 2. The van der Waals surface area contributed by atoms with E-state index in [0.29, 0.717) is 30.9 Å². The van der Waals surface area contributed by atoms with Crippen molar-refractivity contribution in [2.45, 2.75) is 18.9 Å². The average molecular weight is 624 g/mol. The summed E-state index contributed by atoms with van der Waals surface area (Å²) in [4.78, 5) is 27.1. The second-order valence-electron chi connectivity index (χ2n) is 7.31. The monoisotopic (exact) mass is 624 g/mol. The van der Waals surface area contributed by atoms with Crippen molar-refractivity contribution in [2.24, 2.45) is 5.10 Å². The molecule has 0 fully saturated rings. The second-order valence-corrected chi connectivity index (χ2v) is 8.47. The molecule has 3 rings (SSSR count). The van der Waals surface area contributed by atoms with Crippen molar-refractivity contribution in [3.8, 4) is 11.3 Å². The molecule has 0 atom stereocenters. The highest BCUT2D eigenvalue weighted by molar-refractivity contribution is 14.1. The Morgan fingerprint density at radius 2 is 1.67 bits per heavy atom. The molecule has 0 aliphatic heterocycles. The van der Waals surface area contributed by atoms with E-state index in [0.717, 1.165) is 7.05 Å². The molecule has 1 aromatic heterocycles. The molecule has 0 radical (unpaired) electrons. The van der Waals surface area contributed by atoms with Crippen molar-refractivity contribution < 1.29 is 40.3 Å². The van der Waals surface area contributed by atoms with Gasteiger partial charge in [-0.1, -0.05) is 36.4 Å².